The molecule has 0 amide bonds. The lowest BCUT2D eigenvalue weighted by Gasteiger charge is -2.23. The average molecular weight is 213 g/mol. The molecule has 1 heterocycles. The van der Waals surface area contributed by atoms with E-state index in [0.29, 0.717) is 10.7 Å². The van der Waals surface area contributed by atoms with Crippen LogP contribution in [0.3, 0.4) is 0 Å². The molecule has 0 fully saturated rings. The van der Waals surface area contributed by atoms with Crippen LogP contribution in [0.5, 0.6) is 0 Å². The Balaban J connectivity index is 3.13. The standard InChI is InChI=1S/C10H19N3S/c1-7(2)6-8-11-12-9(14)13(8)10(3,4)5/h7H,6H2,1-5H3,(H,12,14). The summed E-state index contributed by atoms with van der Waals surface area (Å²) in [4.78, 5) is 0. The summed E-state index contributed by atoms with van der Waals surface area (Å²) in [6, 6.07) is 0. The molecule has 0 bridgehead atoms. The fourth-order valence-electron chi connectivity index (χ4n) is 1.52. The Morgan fingerprint density at radius 3 is 2.43 bits per heavy atom. The van der Waals surface area contributed by atoms with E-state index >= 15 is 0 Å². The van der Waals surface area contributed by atoms with Crippen LogP contribution in [-0.2, 0) is 12.0 Å². The molecular formula is C10H19N3S. The first-order chi connectivity index (χ1) is 6.32. The Bertz CT molecular complexity index is 354. The van der Waals surface area contributed by atoms with E-state index in [1.54, 1.807) is 0 Å². The quantitative estimate of drug-likeness (QED) is 0.766. The summed E-state index contributed by atoms with van der Waals surface area (Å²) in [6.07, 6.45) is 0.963. The van der Waals surface area contributed by atoms with E-state index in [4.69, 9.17) is 12.2 Å². The number of rotatable bonds is 2. The zero-order valence-electron chi connectivity index (χ0n) is 9.59. The topological polar surface area (TPSA) is 33.6 Å². The number of aromatic nitrogens is 3. The van der Waals surface area contributed by atoms with Crippen LogP contribution in [-0.4, -0.2) is 14.8 Å². The van der Waals surface area contributed by atoms with Crippen LogP contribution in [0.1, 0.15) is 40.4 Å². The predicted molar refractivity (Wildman–Crippen MR) is 60.9 cm³/mol. The van der Waals surface area contributed by atoms with Gasteiger partial charge in [0.15, 0.2) is 4.77 Å². The van der Waals surface area contributed by atoms with Gasteiger partial charge >= 0.3 is 0 Å². The summed E-state index contributed by atoms with van der Waals surface area (Å²) in [5, 5.41) is 7.13. The SMILES string of the molecule is CC(C)Cc1n[nH]c(=S)n1C(C)(C)C. The molecular weight excluding hydrogens is 194 g/mol. The number of nitrogens with zero attached hydrogens (tertiary/aromatic N) is 2. The Kier molecular flexibility index (Phi) is 3.14. The lowest BCUT2D eigenvalue weighted by atomic mass is 10.1. The van der Waals surface area contributed by atoms with Crippen LogP contribution in [0.4, 0.5) is 0 Å². The monoisotopic (exact) mass is 213 g/mol. The first-order valence-corrected chi connectivity index (χ1v) is 5.40. The van der Waals surface area contributed by atoms with Gasteiger partial charge in [-0.2, -0.15) is 5.10 Å². The Hall–Kier alpha value is -0.640. The Morgan fingerprint density at radius 1 is 1.43 bits per heavy atom. The molecule has 0 unspecified atom stereocenters. The average Bonchev–Trinajstić information content (AvgIpc) is 2.28. The van der Waals surface area contributed by atoms with Gasteiger partial charge in [0.1, 0.15) is 5.82 Å². The van der Waals surface area contributed by atoms with Crippen molar-refractivity contribution in [2.45, 2.75) is 46.6 Å². The van der Waals surface area contributed by atoms with Crippen LogP contribution in [0, 0.1) is 10.7 Å². The molecule has 0 aliphatic rings. The van der Waals surface area contributed by atoms with Crippen LogP contribution in [0.2, 0.25) is 0 Å². The van der Waals surface area contributed by atoms with Crippen LogP contribution in [0.15, 0.2) is 0 Å². The summed E-state index contributed by atoms with van der Waals surface area (Å²) < 4.78 is 2.82. The van der Waals surface area contributed by atoms with Crippen molar-refractivity contribution in [2.75, 3.05) is 0 Å². The summed E-state index contributed by atoms with van der Waals surface area (Å²) >= 11 is 5.22. The highest BCUT2D eigenvalue weighted by atomic mass is 32.1. The first-order valence-electron chi connectivity index (χ1n) is 4.99. The van der Waals surface area contributed by atoms with Crippen molar-refractivity contribution < 1.29 is 0 Å². The minimum atomic E-state index is 0.00824. The number of nitrogens with one attached hydrogen (secondary N) is 1. The number of aromatic amines is 1. The van der Waals surface area contributed by atoms with Gasteiger partial charge in [-0.3, -0.25) is 9.67 Å². The molecule has 0 aliphatic heterocycles. The molecule has 0 saturated carbocycles. The molecule has 0 saturated heterocycles. The van der Waals surface area contributed by atoms with E-state index in [1.807, 2.05) is 0 Å². The third-order valence-electron chi connectivity index (χ3n) is 2.00. The first kappa shape index (κ1) is 11.4. The third kappa shape index (κ3) is 2.44. The summed E-state index contributed by atoms with van der Waals surface area (Å²) in [7, 11) is 0. The van der Waals surface area contributed by atoms with E-state index < -0.39 is 0 Å². The highest BCUT2D eigenvalue weighted by Gasteiger charge is 2.19. The van der Waals surface area contributed by atoms with Crippen molar-refractivity contribution in [1.82, 2.24) is 14.8 Å². The number of hydrogen-bond donors (Lipinski definition) is 1. The van der Waals surface area contributed by atoms with Crippen LogP contribution in [0.25, 0.3) is 0 Å². The Labute approximate surface area is 90.5 Å². The van der Waals surface area contributed by atoms with Crippen molar-refractivity contribution in [1.29, 1.82) is 0 Å². The molecule has 80 valence electrons. The maximum Gasteiger partial charge on any atom is 0.195 e. The second kappa shape index (κ2) is 3.85. The maximum absolute atomic E-state index is 5.22. The largest absolute Gasteiger partial charge is 0.299 e. The van der Waals surface area contributed by atoms with Crippen molar-refractivity contribution in [2.24, 2.45) is 5.92 Å². The van der Waals surface area contributed by atoms with E-state index in [9.17, 15) is 0 Å². The second-order valence-electron chi connectivity index (χ2n) is 5.05. The van der Waals surface area contributed by atoms with Gasteiger partial charge in [0.05, 0.1) is 0 Å². The molecule has 3 nitrogen and oxygen atoms in total. The van der Waals surface area contributed by atoms with Crippen LogP contribution >= 0.6 is 12.2 Å². The smallest absolute Gasteiger partial charge is 0.195 e. The number of hydrogen-bond acceptors (Lipinski definition) is 2. The fourth-order valence-corrected chi connectivity index (χ4v) is 1.95. The molecule has 4 heteroatoms. The van der Waals surface area contributed by atoms with Gasteiger partial charge in [0, 0.05) is 12.0 Å². The molecule has 0 aliphatic carbocycles. The van der Waals surface area contributed by atoms with Gasteiger partial charge in [-0.1, -0.05) is 13.8 Å². The molecule has 0 atom stereocenters. The van der Waals surface area contributed by atoms with Crippen LogP contribution < -0.4 is 0 Å². The zero-order chi connectivity index (χ0) is 10.9. The third-order valence-corrected chi connectivity index (χ3v) is 2.28. The molecule has 0 radical (unpaired) electrons. The minimum absolute atomic E-state index is 0.00824. The molecule has 1 aromatic heterocycles. The maximum atomic E-state index is 5.22. The lowest BCUT2D eigenvalue weighted by Crippen LogP contribution is -2.25. The Morgan fingerprint density at radius 2 is 2.00 bits per heavy atom. The molecule has 1 N–H and O–H groups in total. The van der Waals surface area contributed by atoms with Crippen molar-refractivity contribution in [3.63, 3.8) is 0 Å². The molecule has 0 aromatic carbocycles. The number of H-pyrrole nitrogens is 1. The molecule has 1 rings (SSSR count). The van der Waals surface area contributed by atoms with Crippen molar-refractivity contribution in [3.05, 3.63) is 10.6 Å². The van der Waals surface area contributed by atoms with Gasteiger partial charge in [0.2, 0.25) is 0 Å². The summed E-state index contributed by atoms with van der Waals surface area (Å²) in [6.45, 7) is 10.8. The van der Waals surface area contributed by atoms with E-state index in [2.05, 4.69) is 49.4 Å². The van der Waals surface area contributed by atoms with E-state index in [-0.39, 0.29) is 5.54 Å². The predicted octanol–water partition coefficient (Wildman–Crippen LogP) is 2.89. The fraction of sp³-hybridized carbons (Fsp3) is 0.800. The summed E-state index contributed by atoms with van der Waals surface area (Å²) in [5.74, 6) is 1.65. The second-order valence-corrected chi connectivity index (χ2v) is 5.44. The van der Waals surface area contributed by atoms with Gasteiger partial charge in [0.25, 0.3) is 0 Å². The minimum Gasteiger partial charge on any atom is -0.299 e. The van der Waals surface area contributed by atoms with Gasteiger partial charge < -0.3 is 0 Å². The lowest BCUT2D eigenvalue weighted by molar-refractivity contribution is 0.371. The zero-order valence-corrected chi connectivity index (χ0v) is 10.4. The highest BCUT2D eigenvalue weighted by molar-refractivity contribution is 7.71. The van der Waals surface area contributed by atoms with Crippen molar-refractivity contribution >= 4 is 12.2 Å². The van der Waals surface area contributed by atoms with E-state index in [1.165, 1.54) is 0 Å². The van der Waals surface area contributed by atoms with E-state index in [0.717, 1.165) is 12.2 Å². The highest BCUT2D eigenvalue weighted by Crippen LogP contribution is 2.18. The van der Waals surface area contributed by atoms with Gasteiger partial charge in [-0.25, -0.2) is 0 Å². The normalized spacial score (nSPS) is 12.4. The van der Waals surface area contributed by atoms with Gasteiger partial charge in [-0.15, -0.1) is 0 Å². The molecule has 14 heavy (non-hydrogen) atoms. The van der Waals surface area contributed by atoms with Crippen molar-refractivity contribution in [3.8, 4) is 0 Å². The summed E-state index contributed by atoms with van der Waals surface area (Å²) in [5.41, 5.74) is 0.00824. The molecule has 1 aromatic rings. The van der Waals surface area contributed by atoms with Gasteiger partial charge in [-0.05, 0) is 38.9 Å². The molecule has 0 spiro atoms.